The van der Waals surface area contributed by atoms with Crippen molar-refractivity contribution in [2.75, 3.05) is 19.6 Å². The van der Waals surface area contributed by atoms with Crippen molar-refractivity contribution < 1.29 is 4.79 Å². The maximum Gasteiger partial charge on any atom is 0.220 e. The van der Waals surface area contributed by atoms with Crippen LogP contribution in [0, 0.1) is 11.8 Å². The van der Waals surface area contributed by atoms with E-state index >= 15 is 0 Å². The lowest BCUT2D eigenvalue weighted by Crippen LogP contribution is -2.36. The summed E-state index contributed by atoms with van der Waals surface area (Å²) in [5.41, 5.74) is 1.59. The number of hydrogen-bond donors (Lipinski definition) is 2. The molecule has 0 radical (unpaired) electrons. The van der Waals surface area contributed by atoms with Crippen molar-refractivity contribution in [3.8, 4) is 0 Å². The third-order valence-corrected chi connectivity index (χ3v) is 5.56. The molecule has 1 atom stereocenters. The van der Waals surface area contributed by atoms with E-state index in [9.17, 15) is 4.79 Å². The average molecular weight is 300 g/mol. The van der Waals surface area contributed by atoms with Crippen LogP contribution in [0.1, 0.15) is 44.6 Å². The molecule has 1 aromatic rings. The van der Waals surface area contributed by atoms with E-state index in [1.54, 1.807) is 0 Å². The van der Waals surface area contributed by atoms with Gasteiger partial charge in [-0.3, -0.25) is 4.79 Å². The molecular weight excluding hydrogens is 272 g/mol. The molecule has 0 spiro atoms. The van der Waals surface area contributed by atoms with Crippen LogP contribution in [-0.2, 0) is 10.2 Å². The van der Waals surface area contributed by atoms with Crippen molar-refractivity contribution in [2.45, 2.75) is 44.4 Å². The molecule has 3 rings (SSSR count). The molecule has 1 amide bonds. The van der Waals surface area contributed by atoms with E-state index < -0.39 is 0 Å². The number of piperidine rings is 1. The second-order valence-electron chi connectivity index (χ2n) is 7.19. The first-order valence-corrected chi connectivity index (χ1v) is 8.73. The van der Waals surface area contributed by atoms with Gasteiger partial charge in [-0.25, -0.2) is 0 Å². The Morgan fingerprint density at radius 1 is 1.27 bits per heavy atom. The van der Waals surface area contributed by atoms with Gasteiger partial charge in [0.25, 0.3) is 0 Å². The van der Waals surface area contributed by atoms with Crippen molar-refractivity contribution in [3.05, 3.63) is 35.9 Å². The molecule has 22 heavy (non-hydrogen) atoms. The molecule has 120 valence electrons. The van der Waals surface area contributed by atoms with Crippen LogP contribution in [0.15, 0.2) is 30.3 Å². The number of amides is 1. The SMILES string of the molecule is CC(CC(=O)NCC1(c2ccccc2)CC1)C1CCNCC1. The third kappa shape index (κ3) is 3.70. The molecule has 1 saturated heterocycles. The molecule has 3 nitrogen and oxygen atoms in total. The van der Waals surface area contributed by atoms with Gasteiger partial charge in [-0.05, 0) is 56.2 Å². The van der Waals surface area contributed by atoms with Gasteiger partial charge < -0.3 is 10.6 Å². The highest BCUT2D eigenvalue weighted by Crippen LogP contribution is 2.47. The van der Waals surface area contributed by atoms with Gasteiger partial charge in [0.05, 0.1) is 0 Å². The normalized spacial score (nSPS) is 22.0. The van der Waals surface area contributed by atoms with E-state index in [0.717, 1.165) is 19.6 Å². The summed E-state index contributed by atoms with van der Waals surface area (Å²) in [5, 5.41) is 6.59. The third-order valence-electron chi connectivity index (χ3n) is 5.56. The van der Waals surface area contributed by atoms with E-state index in [1.165, 1.54) is 31.2 Å². The molecule has 0 bridgehead atoms. The van der Waals surface area contributed by atoms with Crippen molar-refractivity contribution in [2.24, 2.45) is 11.8 Å². The van der Waals surface area contributed by atoms with E-state index in [2.05, 4.69) is 47.9 Å². The van der Waals surface area contributed by atoms with Gasteiger partial charge in [0.2, 0.25) is 5.91 Å². The predicted octanol–water partition coefficient (Wildman–Crippen LogP) is 2.86. The van der Waals surface area contributed by atoms with Crippen LogP contribution in [-0.4, -0.2) is 25.5 Å². The lowest BCUT2D eigenvalue weighted by atomic mass is 9.84. The minimum Gasteiger partial charge on any atom is -0.355 e. The van der Waals surface area contributed by atoms with Crippen LogP contribution < -0.4 is 10.6 Å². The van der Waals surface area contributed by atoms with Gasteiger partial charge in [0, 0.05) is 18.4 Å². The fraction of sp³-hybridized carbons (Fsp3) is 0.632. The Balaban J connectivity index is 1.46. The summed E-state index contributed by atoms with van der Waals surface area (Å²) in [7, 11) is 0. The molecule has 1 aromatic carbocycles. The topological polar surface area (TPSA) is 41.1 Å². The second-order valence-corrected chi connectivity index (χ2v) is 7.19. The predicted molar refractivity (Wildman–Crippen MR) is 89.7 cm³/mol. The molecule has 1 heterocycles. The van der Waals surface area contributed by atoms with Crippen LogP contribution in [0.4, 0.5) is 0 Å². The highest BCUT2D eigenvalue weighted by atomic mass is 16.1. The Bertz CT molecular complexity index is 489. The monoisotopic (exact) mass is 300 g/mol. The fourth-order valence-electron chi connectivity index (χ4n) is 3.72. The minimum absolute atomic E-state index is 0.217. The number of rotatable bonds is 6. The number of carbonyl (C=O) groups is 1. The van der Waals surface area contributed by atoms with E-state index in [1.807, 2.05) is 0 Å². The standard InChI is InChI=1S/C19H28N2O/c1-15(16-7-11-20-12-8-16)13-18(22)21-14-19(9-10-19)17-5-3-2-4-6-17/h2-6,15-16,20H,7-14H2,1H3,(H,21,22). The van der Waals surface area contributed by atoms with Crippen molar-refractivity contribution >= 4 is 5.91 Å². The molecular formula is C19H28N2O. The quantitative estimate of drug-likeness (QED) is 0.848. The Kier molecular flexibility index (Phi) is 4.82. The first-order valence-electron chi connectivity index (χ1n) is 8.73. The lowest BCUT2D eigenvalue weighted by molar-refractivity contribution is -0.122. The largest absolute Gasteiger partial charge is 0.355 e. The zero-order valence-electron chi connectivity index (χ0n) is 13.6. The highest BCUT2D eigenvalue weighted by molar-refractivity contribution is 5.76. The molecule has 2 aliphatic rings. The van der Waals surface area contributed by atoms with E-state index in [4.69, 9.17) is 0 Å². The van der Waals surface area contributed by atoms with Gasteiger partial charge in [0.1, 0.15) is 0 Å². The Hall–Kier alpha value is -1.35. The van der Waals surface area contributed by atoms with Crippen LogP contribution in [0.3, 0.4) is 0 Å². The summed E-state index contributed by atoms with van der Waals surface area (Å²) in [6.45, 7) is 5.25. The molecule has 1 aliphatic heterocycles. The van der Waals surface area contributed by atoms with E-state index in [0.29, 0.717) is 18.3 Å². The highest BCUT2D eigenvalue weighted by Gasteiger charge is 2.44. The van der Waals surface area contributed by atoms with Gasteiger partial charge in [-0.1, -0.05) is 37.3 Å². The summed E-state index contributed by atoms with van der Waals surface area (Å²) >= 11 is 0. The first-order chi connectivity index (χ1) is 10.7. The van der Waals surface area contributed by atoms with Gasteiger partial charge in [-0.15, -0.1) is 0 Å². The number of nitrogens with one attached hydrogen (secondary N) is 2. The average Bonchev–Trinajstić information content (AvgIpc) is 3.36. The van der Waals surface area contributed by atoms with Crippen LogP contribution in [0.5, 0.6) is 0 Å². The van der Waals surface area contributed by atoms with Gasteiger partial charge in [-0.2, -0.15) is 0 Å². The zero-order chi connectivity index (χ0) is 15.4. The maximum atomic E-state index is 12.3. The lowest BCUT2D eigenvalue weighted by Gasteiger charge is -2.28. The van der Waals surface area contributed by atoms with Gasteiger partial charge >= 0.3 is 0 Å². The van der Waals surface area contributed by atoms with Crippen LogP contribution in [0.25, 0.3) is 0 Å². The smallest absolute Gasteiger partial charge is 0.220 e. The minimum atomic E-state index is 0.217. The Morgan fingerprint density at radius 3 is 2.59 bits per heavy atom. The van der Waals surface area contributed by atoms with Crippen LogP contribution in [0.2, 0.25) is 0 Å². The molecule has 0 aromatic heterocycles. The maximum absolute atomic E-state index is 12.3. The van der Waals surface area contributed by atoms with Gasteiger partial charge in [0.15, 0.2) is 0 Å². The molecule has 1 saturated carbocycles. The summed E-state index contributed by atoms with van der Waals surface area (Å²) in [6, 6.07) is 10.6. The summed E-state index contributed by atoms with van der Waals surface area (Å²) in [6.07, 6.45) is 5.49. The number of benzene rings is 1. The van der Waals surface area contributed by atoms with Crippen molar-refractivity contribution in [1.82, 2.24) is 10.6 Å². The first kappa shape index (κ1) is 15.5. The molecule has 1 aliphatic carbocycles. The molecule has 3 heteroatoms. The number of hydrogen-bond acceptors (Lipinski definition) is 2. The summed E-state index contributed by atoms with van der Waals surface area (Å²) < 4.78 is 0. The summed E-state index contributed by atoms with van der Waals surface area (Å²) in [5.74, 6) is 1.43. The van der Waals surface area contributed by atoms with Crippen LogP contribution >= 0.6 is 0 Å². The molecule has 2 fully saturated rings. The van der Waals surface area contributed by atoms with Crippen molar-refractivity contribution in [3.63, 3.8) is 0 Å². The Morgan fingerprint density at radius 2 is 1.95 bits per heavy atom. The number of carbonyl (C=O) groups excluding carboxylic acids is 1. The zero-order valence-corrected chi connectivity index (χ0v) is 13.6. The fourth-order valence-corrected chi connectivity index (χ4v) is 3.72. The van der Waals surface area contributed by atoms with E-state index in [-0.39, 0.29) is 11.3 Å². The second kappa shape index (κ2) is 6.82. The van der Waals surface area contributed by atoms with Crippen molar-refractivity contribution in [1.29, 1.82) is 0 Å². The molecule has 2 N–H and O–H groups in total. The molecule has 1 unspecified atom stereocenters. The Labute approximate surface area is 133 Å². The summed E-state index contributed by atoms with van der Waals surface area (Å²) in [4.78, 5) is 12.3.